The van der Waals surface area contributed by atoms with Gasteiger partial charge in [-0.15, -0.1) is 0 Å². The van der Waals surface area contributed by atoms with Gasteiger partial charge in [0.1, 0.15) is 5.75 Å². The Labute approximate surface area is 163 Å². The molecule has 1 unspecified atom stereocenters. The smallest absolute Gasteiger partial charge is 0.235 e. The summed E-state index contributed by atoms with van der Waals surface area (Å²) in [6, 6.07) is 16.2. The van der Waals surface area contributed by atoms with Crippen molar-refractivity contribution in [3.05, 3.63) is 59.7 Å². The summed E-state index contributed by atoms with van der Waals surface area (Å²) < 4.78 is 5.83. The number of anilines is 1. The SMILES string of the molecule is CCC(C)Oc1ccc(NC(=O)C2(c3ccc(C)cc3)CCCCC2)cc1. The lowest BCUT2D eigenvalue weighted by atomic mass is 9.68. The predicted molar refractivity (Wildman–Crippen MR) is 111 cm³/mol. The molecule has 3 nitrogen and oxygen atoms in total. The van der Waals surface area contributed by atoms with Crippen LogP contribution in [0.5, 0.6) is 5.75 Å². The van der Waals surface area contributed by atoms with E-state index in [0.29, 0.717) is 0 Å². The van der Waals surface area contributed by atoms with E-state index in [0.717, 1.165) is 49.1 Å². The van der Waals surface area contributed by atoms with Crippen LogP contribution >= 0.6 is 0 Å². The lowest BCUT2D eigenvalue weighted by Crippen LogP contribution is -2.42. The van der Waals surface area contributed by atoms with Gasteiger partial charge < -0.3 is 10.1 Å². The summed E-state index contributed by atoms with van der Waals surface area (Å²) in [5, 5.41) is 3.17. The van der Waals surface area contributed by atoms with Gasteiger partial charge in [-0.05, 0) is 62.9 Å². The molecule has 27 heavy (non-hydrogen) atoms. The van der Waals surface area contributed by atoms with Crippen LogP contribution in [0.3, 0.4) is 0 Å². The third-order valence-corrected chi connectivity index (χ3v) is 5.77. The van der Waals surface area contributed by atoms with Crippen molar-refractivity contribution in [1.82, 2.24) is 0 Å². The van der Waals surface area contributed by atoms with E-state index in [1.165, 1.54) is 12.0 Å². The number of amides is 1. The number of hydrogen-bond acceptors (Lipinski definition) is 2. The Balaban J connectivity index is 1.78. The van der Waals surface area contributed by atoms with Crippen molar-refractivity contribution in [1.29, 1.82) is 0 Å². The largest absolute Gasteiger partial charge is 0.491 e. The van der Waals surface area contributed by atoms with E-state index in [2.05, 4.69) is 50.4 Å². The molecule has 3 rings (SSSR count). The van der Waals surface area contributed by atoms with Crippen LogP contribution < -0.4 is 10.1 Å². The van der Waals surface area contributed by atoms with Gasteiger partial charge >= 0.3 is 0 Å². The molecule has 3 heteroatoms. The third-order valence-electron chi connectivity index (χ3n) is 5.77. The number of carbonyl (C=O) groups excluding carboxylic acids is 1. The number of nitrogens with one attached hydrogen (secondary N) is 1. The van der Waals surface area contributed by atoms with Crippen LogP contribution in [-0.4, -0.2) is 12.0 Å². The zero-order valence-corrected chi connectivity index (χ0v) is 16.8. The third kappa shape index (κ3) is 4.52. The first kappa shape index (κ1) is 19.5. The van der Waals surface area contributed by atoms with Crippen LogP contribution in [0.25, 0.3) is 0 Å². The van der Waals surface area contributed by atoms with Gasteiger partial charge in [-0.2, -0.15) is 0 Å². The van der Waals surface area contributed by atoms with Gasteiger partial charge in [0.15, 0.2) is 0 Å². The summed E-state index contributed by atoms with van der Waals surface area (Å²) in [5.41, 5.74) is 2.77. The topological polar surface area (TPSA) is 38.3 Å². The van der Waals surface area contributed by atoms with Crippen molar-refractivity contribution in [3.8, 4) is 5.75 Å². The quantitative estimate of drug-likeness (QED) is 0.680. The lowest BCUT2D eigenvalue weighted by molar-refractivity contribution is -0.122. The minimum absolute atomic E-state index is 0.113. The first-order valence-electron chi connectivity index (χ1n) is 10.2. The van der Waals surface area contributed by atoms with Gasteiger partial charge in [0.2, 0.25) is 5.91 Å². The van der Waals surface area contributed by atoms with Gasteiger partial charge in [0.05, 0.1) is 11.5 Å². The summed E-state index contributed by atoms with van der Waals surface area (Å²) in [6.45, 7) is 6.25. The van der Waals surface area contributed by atoms with Crippen LogP contribution in [0.1, 0.15) is 63.5 Å². The lowest BCUT2D eigenvalue weighted by Gasteiger charge is -2.36. The molecule has 1 amide bonds. The van der Waals surface area contributed by atoms with E-state index in [1.54, 1.807) is 0 Å². The maximum absolute atomic E-state index is 13.3. The zero-order valence-electron chi connectivity index (χ0n) is 16.8. The summed E-state index contributed by atoms with van der Waals surface area (Å²) in [4.78, 5) is 13.3. The molecule has 2 aromatic carbocycles. The van der Waals surface area contributed by atoms with E-state index in [9.17, 15) is 4.79 Å². The Morgan fingerprint density at radius 2 is 1.67 bits per heavy atom. The second-order valence-electron chi connectivity index (χ2n) is 7.82. The van der Waals surface area contributed by atoms with Crippen molar-refractivity contribution in [2.24, 2.45) is 0 Å². The molecule has 1 atom stereocenters. The highest BCUT2D eigenvalue weighted by Crippen LogP contribution is 2.40. The van der Waals surface area contributed by atoms with Gasteiger partial charge in [-0.25, -0.2) is 0 Å². The van der Waals surface area contributed by atoms with Crippen molar-refractivity contribution >= 4 is 11.6 Å². The van der Waals surface area contributed by atoms with Gasteiger partial charge in [-0.3, -0.25) is 4.79 Å². The Bertz CT molecular complexity index is 743. The highest BCUT2D eigenvalue weighted by atomic mass is 16.5. The summed E-state index contributed by atoms with van der Waals surface area (Å²) >= 11 is 0. The predicted octanol–water partition coefficient (Wildman–Crippen LogP) is 6.01. The molecule has 0 aromatic heterocycles. The number of ether oxygens (including phenoxy) is 1. The van der Waals surface area contributed by atoms with Crippen LogP contribution in [0, 0.1) is 6.92 Å². The maximum Gasteiger partial charge on any atom is 0.235 e. The minimum Gasteiger partial charge on any atom is -0.491 e. The van der Waals surface area contributed by atoms with Gasteiger partial charge in [0, 0.05) is 5.69 Å². The summed E-state index contributed by atoms with van der Waals surface area (Å²) in [6.07, 6.45) is 6.40. The molecule has 1 N–H and O–H groups in total. The molecule has 0 saturated heterocycles. The number of aryl methyl sites for hydroxylation is 1. The fourth-order valence-electron chi connectivity index (χ4n) is 3.86. The molecule has 0 aliphatic heterocycles. The zero-order chi connectivity index (χ0) is 19.3. The number of rotatable bonds is 6. The molecule has 0 bridgehead atoms. The molecular weight excluding hydrogens is 334 g/mol. The van der Waals surface area contributed by atoms with Crippen molar-refractivity contribution < 1.29 is 9.53 Å². The highest BCUT2D eigenvalue weighted by Gasteiger charge is 2.41. The Morgan fingerprint density at radius 1 is 1.04 bits per heavy atom. The molecule has 144 valence electrons. The molecule has 1 aliphatic rings. The number of hydrogen-bond donors (Lipinski definition) is 1. The average Bonchev–Trinajstić information content (AvgIpc) is 2.70. The fourth-order valence-corrected chi connectivity index (χ4v) is 3.86. The molecule has 2 aromatic rings. The molecule has 1 saturated carbocycles. The van der Waals surface area contributed by atoms with Crippen molar-refractivity contribution in [2.75, 3.05) is 5.32 Å². The maximum atomic E-state index is 13.3. The van der Waals surface area contributed by atoms with E-state index in [1.807, 2.05) is 24.3 Å². The van der Waals surface area contributed by atoms with Crippen molar-refractivity contribution in [3.63, 3.8) is 0 Å². The van der Waals surface area contributed by atoms with E-state index in [-0.39, 0.29) is 12.0 Å². The normalized spacial score (nSPS) is 17.1. The molecule has 0 heterocycles. The molecule has 1 fully saturated rings. The monoisotopic (exact) mass is 365 g/mol. The van der Waals surface area contributed by atoms with E-state index in [4.69, 9.17) is 4.74 Å². The Kier molecular flexibility index (Phi) is 6.20. The van der Waals surface area contributed by atoms with Crippen LogP contribution in [0.2, 0.25) is 0 Å². The van der Waals surface area contributed by atoms with Crippen LogP contribution in [0.15, 0.2) is 48.5 Å². The van der Waals surface area contributed by atoms with Gasteiger partial charge in [-0.1, -0.05) is 56.0 Å². The van der Waals surface area contributed by atoms with E-state index < -0.39 is 5.41 Å². The summed E-state index contributed by atoms with van der Waals surface area (Å²) in [5.74, 6) is 0.954. The summed E-state index contributed by atoms with van der Waals surface area (Å²) in [7, 11) is 0. The first-order chi connectivity index (χ1) is 13.0. The second kappa shape index (κ2) is 8.60. The van der Waals surface area contributed by atoms with E-state index >= 15 is 0 Å². The number of carbonyl (C=O) groups is 1. The molecule has 0 radical (unpaired) electrons. The second-order valence-corrected chi connectivity index (χ2v) is 7.82. The Hall–Kier alpha value is -2.29. The van der Waals surface area contributed by atoms with Crippen LogP contribution in [-0.2, 0) is 10.2 Å². The standard InChI is InChI=1S/C24H31NO2/c1-4-19(3)27-22-14-12-21(13-15-22)25-23(26)24(16-6-5-7-17-24)20-10-8-18(2)9-11-20/h8-15,19H,4-7,16-17H2,1-3H3,(H,25,26). The van der Waals surface area contributed by atoms with Crippen LogP contribution in [0.4, 0.5) is 5.69 Å². The molecule has 1 aliphatic carbocycles. The van der Waals surface area contributed by atoms with Crippen molar-refractivity contribution in [2.45, 2.75) is 70.8 Å². The fraction of sp³-hybridized carbons (Fsp3) is 0.458. The number of benzene rings is 2. The average molecular weight is 366 g/mol. The Morgan fingerprint density at radius 3 is 2.26 bits per heavy atom. The highest BCUT2D eigenvalue weighted by molar-refractivity contribution is 5.99. The van der Waals surface area contributed by atoms with Gasteiger partial charge in [0.25, 0.3) is 0 Å². The molecular formula is C24H31NO2. The first-order valence-corrected chi connectivity index (χ1v) is 10.2. The minimum atomic E-state index is -0.419. The molecule has 0 spiro atoms.